The van der Waals surface area contributed by atoms with Crippen LogP contribution in [0.4, 0.5) is 0 Å². The molecule has 0 bridgehead atoms. The number of aryl methyl sites for hydroxylation is 2. The molecule has 2 rings (SSSR count). The maximum Gasteiger partial charge on any atom is 0.339 e. The number of pyridine rings is 1. The summed E-state index contributed by atoms with van der Waals surface area (Å²) in [5.41, 5.74) is 4.26. The minimum absolute atomic E-state index is 0.299. The molecule has 3 nitrogen and oxygen atoms in total. The van der Waals surface area contributed by atoms with Crippen LogP contribution in [0.25, 0.3) is 11.3 Å². The molecular weight excluding hydrogens is 330 g/mol. The molecule has 4 heteroatoms. The summed E-state index contributed by atoms with van der Waals surface area (Å²) in [6, 6.07) is 9.88. The van der Waals surface area contributed by atoms with Crippen molar-refractivity contribution < 1.29 is 9.53 Å². The van der Waals surface area contributed by atoms with E-state index in [2.05, 4.69) is 20.9 Å². The van der Waals surface area contributed by atoms with E-state index >= 15 is 0 Å². The van der Waals surface area contributed by atoms with Crippen molar-refractivity contribution in [2.45, 2.75) is 27.2 Å². The first-order valence-corrected chi connectivity index (χ1v) is 7.79. The van der Waals surface area contributed by atoms with Gasteiger partial charge in [0.15, 0.2) is 0 Å². The molecule has 21 heavy (non-hydrogen) atoms. The number of nitrogens with zero attached hydrogens (tertiary/aromatic N) is 1. The predicted octanol–water partition coefficient (Wildman–Crippen LogP) is 4.56. The SMILES string of the molecule is CCOC(=O)c1cc(C)c(-c2ccc(Br)cc2)nc1CC. The molecule has 0 saturated carbocycles. The minimum Gasteiger partial charge on any atom is -0.462 e. The van der Waals surface area contributed by atoms with Crippen LogP contribution in [0.2, 0.25) is 0 Å². The molecule has 0 unspecified atom stereocenters. The molecule has 0 fully saturated rings. The Labute approximate surface area is 133 Å². The Morgan fingerprint density at radius 1 is 1.24 bits per heavy atom. The molecule has 0 N–H and O–H groups in total. The van der Waals surface area contributed by atoms with Crippen LogP contribution in [0.15, 0.2) is 34.8 Å². The Bertz CT molecular complexity index is 651. The van der Waals surface area contributed by atoms with Crippen LogP contribution in [-0.4, -0.2) is 17.6 Å². The molecule has 0 aliphatic rings. The number of benzene rings is 1. The lowest BCUT2D eigenvalue weighted by molar-refractivity contribution is 0.0524. The van der Waals surface area contributed by atoms with Gasteiger partial charge in [-0.2, -0.15) is 0 Å². The van der Waals surface area contributed by atoms with Crippen molar-refractivity contribution in [1.29, 1.82) is 0 Å². The summed E-state index contributed by atoms with van der Waals surface area (Å²) in [5, 5.41) is 0. The molecule has 0 radical (unpaired) electrons. The number of ether oxygens (including phenoxy) is 1. The van der Waals surface area contributed by atoms with E-state index in [1.54, 1.807) is 6.92 Å². The van der Waals surface area contributed by atoms with Crippen molar-refractivity contribution in [3.63, 3.8) is 0 Å². The van der Waals surface area contributed by atoms with Gasteiger partial charge in [0, 0.05) is 10.0 Å². The van der Waals surface area contributed by atoms with E-state index in [9.17, 15) is 4.79 Å². The second-order valence-corrected chi connectivity index (χ2v) is 5.64. The lowest BCUT2D eigenvalue weighted by Gasteiger charge is -2.12. The number of esters is 1. The van der Waals surface area contributed by atoms with E-state index in [0.29, 0.717) is 18.6 Å². The molecule has 0 aliphatic heterocycles. The molecule has 110 valence electrons. The zero-order valence-electron chi connectivity index (χ0n) is 12.4. The topological polar surface area (TPSA) is 39.2 Å². The van der Waals surface area contributed by atoms with Crippen molar-refractivity contribution in [3.8, 4) is 11.3 Å². The lowest BCUT2D eigenvalue weighted by atomic mass is 10.0. The Kier molecular flexibility index (Phi) is 5.12. The number of hydrogen-bond acceptors (Lipinski definition) is 3. The van der Waals surface area contributed by atoms with E-state index in [4.69, 9.17) is 4.74 Å². The van der Waals surface area contributed by atoms with Crippen LogP contribution in [0.3, 0.4) is 0 Å². The Morgan fingerprint density at radius 3 is 2.48 bits per heavy atom. The molecular formula is C17H18BrNO2. The van der Waals surface area contributed by atoms with Crippen LogP contribution in [0, 0.1) is 6.92 Å². The Balaban J connectivity index is 2.50. The van der Waals surface area contributed by atoms with Gasteiger partial charge in [-0.15, -0.1) is 0 Å². The highest BCUT2D eigenvalue weighted by molar-refractivity contribution is 9.10. The number of carbonyl (C=O) groups excluding carboxylic acids is 1. The van der Waals surface area contributed by atoms with Gasteiger partial charge in [0.1, 0.15) is 0 Å². The summed E-state index contributed by atoms with van der Waals surface area (Å²) in [5.74, 6) is -0.299. The molecule has 0 spiro atoms. The van der Waals surface area contributed by atoms with Gasteiger partial charge < -0.3 is 4.74 Å². The van der Waals surface area contributed by atoms with Crippen molar-refractivity contribution >= 4 is 21.9 Å². The maximum atomic E-state index is 12.0. The molecule has 1 aromatic heterocycles. The summed E-state index contributed by atoms with van der Waals surface area (Å²) in [4.78, 5) is 16.7. The van der Waals surface area contributed by atoms with Crippen LogP contribution >= 0.6 is 15.9 Å². The van der Waals surface area contributed by atoms with Crippen LogP contribution < -0.4 is 0 Å². The standard InChI is InChI=1S/C17H18BrNO2/c1-4-15-14(17(20)21-5-2)10-11(3)16(19-15)12-6-8-13(18)9-7-12/h6-10H,4-5H2,1-3H3. The largest absolute Gasteiger partial charge is 0.462 e. The van der Waals surface area contributed by atoms with Gasteiger partial charge in [0.25, 0.3) is 0 Å². The summed E-state index contributed by atoms with van der Waals surface area (Å²) in [6.07, 6.45) is 0.692. The van der Waals surface area contributed by atoms with E-state index in [0.717, 1.165) is 27.0 Å². The van der Waals surface area contributed by atoms with Gasteiger partial charge in [-0.05, 0) is 44.0 Å². The van der Waals surface area contributed by atoms with Gasteiger partial charge in [0.2, 0.25) is 0 Å². The second-order valence-electron chi connectivity index (χ2n) is 4.73. The number of hydrogen-bond donors (Lipinski definition) is 0. The van der Waals surface area contributed by atoms with Crippen molar-refractivity contribution in [3.05, 3.63) is 51.6 Å². The summed E-state index contributed by atoms with van der Waals surface area (Å²) in [6.45, 7) is 6.13. The first-order chi connectivity index (χ1) is 10.1. The molecule has 0 amide bonds. The zero-order chi connectivity index (χ0) is 15.4. The maximum absolute atomic E-state index is 12.0. The second kappa shape index (κ2) is 6.85. The van der Waals surface area contributed by atoms with E-state index in [-0.39, 0.29) is 5.97 Å². The van der Waals surface area contributed by atoms with Gasteiger partial charge in [-0.25, -0.2) is 4.79 Å². The average Bonchev–Trinajstić information content (AvgIpc) is 2.48. The first kappa shape index (κ1) is 15.7. The monoisotopic (exact) mass is 347 g/mol. The predicted molar refractivity (Wildman–Crippen MR) is 87.4 cm³/mol. The molecule has 1 heterocycles. The van der Waals surface area contributed by atoms with Crippen LogP contribution in [0.5, 0.6) is 0 Å². The van der Waals surface area contributed by atoms with E-state index < -0.39 is 0 Å². The van der Waals surface area contributed by atoms with Gasteiger partial charge >= 0.3 is 5.97 Å². The first-order valence-electron chi connectivity index (χ1n) is 7.00. The summed E-state index contributed by atoms with van der Waals surface area (Å²) < 4.78 is 6.13. The zero-order valence-corrected chi connectivity index (χ0v) is 14.0. The average molecular weight is 348 g/mol. The third-order valence-electron chi connectivity index (χ3n) is 3.24. The highest BCUT2D eigenvalue weighted by Crippen LogP contribution is 2.25. The van der Waals surface area contributed by atoms with Gasteiger partial charge in [-0.1, -0.05) is 35.0 Å². The molecule has 2 aromatic rings. The number of halogens is 1. The van der Waals surface area contributed by atoms with E-state index in [1.807, 2.05) is 44.2 Å². The van der Waals surface area contributed by atoms with Crippen LogP contribution in [0.1, 0.15) is 35.5 Å². The highest BCUT2D eigenvalue weighted by Gasteiger charge is 2.16. The number of carbonyl (C=O) groups is 1. The normalized spacial score (nSPS) is 10.5. The van der Waals surface area contributed by atoms with Crippen LogP contribution in [-0.2, 0) is 11.2 Å². The summed E-state index contributed by atoms with van der Waals surface area (Å²) in [7, 11) is 0. The third kappa shape index (κ3) is 3.50. The fourth-order valence-electron chi connectivity index (χ4n) is 2.21. The fraction of sp³-hybridized carbons (Fsp3) is 0.294. The molecule has 1 aromatic carbocycles. The molecule has 0 aliphatic carbocycles. The number of rotatable bonds is 4. The van der Waals surface area contributed by atoms with Crippen molar-refractivity contribution in [2.75, 3.05) is 6.61 Å². The Morgan fingerprint density at radius 2 is 1.90 bits per heavy atom. The third-order valence-corrected chi connectivity index (χ3v) is 3.77. The van der Waals surface area contributed by atoms with Gasteiger partial charge in [-0.3, -0.25) is 4.98 Å². The molecule has 0 saturated heterocycles. The summed E-state index contributed by atoms with van der Waals surface area (Å²) >= 11 is 3.43. The van der Waals surface area contributed by atoms with Crippen molar-refractivity contribution in [2.24, 2.45) is 0 Å². The van der Waals surface area contributed by atoms with Gasteiger partial charge in [0.05, 0.1) is 23.6 Å². The number of aromatic nitrogens is 1. The minimum atomic E-state index is -0.299. The van der Waals surface area contributed by atoms with E-state index in [1.165, 1.54) is 0 Å². The smallest absolute Gasteiger partial charge is 0.339 e. The molecule has 0 atom stereocenters. The lowest BCUT2D eigenvalue weighted by Crippen LogP contribution is -2.10. The Hall–Kier alpha value is -1.68. The quantitative estimate of drug-likeness (QED) is 0.761. The highest BCUT2D eigenvalue weighted by atomic mass is 79.9. The van der Waals surface area contributed by atoms with Crippen molar-refractivity contribution in [1.82, 2.24) is 4.98 Å². The fourth-order valence-corrected chi connectivity index (χ4v) is 2.47.